The molecule has 2 aromatic heterocycles. The lowest BCUT2D eigenvalue weighted by molar-refractivity contribution is 0.0960. The summed E-state index contributed by atoms with van der Waals surface area (Å²) in [5, 5.41) is 3.94. The van der Waals surface area contributed by atoms with E-state index < -0.39 is 0 Å². The minimum atomic E-state index is -0.00383. The molecule has 2 aromatic rings. The van der Waals surface area contributed by atoms with Crippen LogP contribution < -0.4 is 5.32 Å². The van der Waals surface area contributed by atoms with Crippen molar-refractivity contribution in [3.05, 3.63) is 46.3 Å². The van der Waals surface area contributed by atoms with E-state index in [9.17, 15) is 4.79 Å². The molecule has 1 atom stereocenters. The fraction of sp³-hybridized carbons (Fsp3) is 0.375. The molecule has 6 heteroatoms. The van der Waals surface area contributed by atoms with Crippen LogP contribution in [-0.2, 0) is 4.74 Å². The van der Waals surface area contributed by atoms with E-state index in [1.807, 2.05) is 30.3 Å². The lowest BCUT2D eigenvalue weighted by Crippen LogP contribution is -2.24. The number of carbonyl (C=O) groups excluding carboxylic acids is 1. The summed E-state index contributed by atoms with van der Waals surface area (Å²) < 4.78 is 5.65. The molecule has 4 nitrogen and oxygen atoms in total. The third kappa shape index (κ3) is 4.09. The number of amides is 1. The number of thioether (sulfide) groups is 1. The van der Waals surface area contributed by atoms with Crippen LogP contribution in [0.4, 0.5) is 0 Å². The Hall–Kier alpha value is -1.37. The second-order valence-electron chi connectivity index (χ2n) is 4.98. The van der Waals surface area contributed by atoms with Crippen LogP contribution in [0.3, 0.4) is 0 Å². The summed E-state index contributed by atoms with van der Waals surface area (Å²) in [5.74, 6) is 0.808. The van der Waals surface area contributed by atoms with Crippen LogP contribution in [0, 0.1) is 0 Å². The Morgan fingerprint density at radius 2 is 2.36 bits per heavy atom. The molecular formula is C16H18N2O2S2. The predicted molar refractivity (Wildman–Crippen MR) is 89.5 cm³/mol. The summed E-state index contributed by atoms with van der Waals surface area (Å²) in [4.78, 5) is 18.3. The summed E-state index contributed by atoms with van der Waals surface area (Å²) in [5.41, 5.74) is 0. The topological polar surface area (TPSA) is 51.2 Å². The van der Waals surface area contributed by atoms with Crippen molar-refractivity contribution in [3.63, 3.8) is 0 Å². The highest BCUT2D eigenvalue weighted by molar-refractivity contribution is 7.99. The standard InChI is InChI=1S/C16H18N2O2S2/c19-16(18-9-11-21-15-5-1-2-8-17-15)14-7-6-13(22-14)12-4-3-10-20-12/h1-2,5-8,12H,3-4,9-11H2,(H,18,19)/t12-/m0/s1. The average Bonchev–Trinajstić information content (AvgIpc) is 3.22. The third-order valence-electron chi connectivity index (χ3n) is 3.37. The van der Waals surface area contributed by atoms with Gasteiger partial charge in [0.05, 0.1) is 16.0 Å². The van der Waals surface area contributed by atoms with Gasteiger partial charge in [0.15, 0.2) is 0 Å². The third-order valence-corrected chi connectivity index (χ3v) is 5.49. The van der Waals surface area contributed by atoms with Crippen LogP contribution in [0.5, 0.6) is 0 Å². The first-order chi connectivity index (χ1) is 10.8. The molecule has 116 valence electrons. The number of ether oxygens (including phenoxy) is 1. The maximum absolute atomic E-state index is 12.1. The van der Waals surface area contributed by atoms with Crippen molar-refractivity contribution < 1.29 is 9.53 Å². The largest absolute Gasteiger partial charge is 0.373 e. The zero-order valence-electron chi connectivity index (χ0n) is 12.2. The highest BCUT2D eigenvalue weighted by Crippen LogP contribution is 2.33. The lowest BCUT2D eigenvalue weighted by atomic mass is 10.2. The summed E-state index contributed by atoms with van der Waals surface area (Å²) in [6.07, 6.45) is 4.13. The van der Waals surface area contributed by atoms with Crippen molar-refractivity contribution in [2.24, 2.45) is 0 Å². The number of rotatable bonds is 6. The van der Waals surface area contributed by atoms with E-state index in [0.29, 0.717) is 6.54 Å². The number of aromatic nitrogens is 1. The SMILES string of the molecule is O=C(NCCSc1ccccn1)c1ccc([C@@H]2CCCO2)s1. The molecule has 1 fully saturated rings. The van der Waals surface area contributed by atoms with Crippen molar-refractivity contribution in [2.45, 2.75) is 24.0 Å². The fourth-order valence-corrected chi connectivity index (χ4v) is 4.02. The Bertz CT molecular complexity index is 610. The molecule has 1 amide bonds. The molecule has 0 aliphatic carbocycles. The Kier molecular flexibility index (Phi) is 5.48. The smallest absolute Gasteiger partial charge is 0.261 e. The van der Waals surface area contributed by atoms with Crippen LogP contribution in [0.2, 0.25) is 0 Å². The van der Waals surface area contributed by atoms with Crippen LogP contribution in [0.15, 0.2) is 41.6 Å². The van der Waals surface area contributed by atoms with E-state index in [-0.39, 0.29) is 12.0 Å². The quantitative estimate of drug-likeness (QED) is 0.649. The molecule has 0 spiro atoms. The fourth-order valence-electron chi connectivity index (χ4n) is 2.29. The molecule has 1 aliphatic rings. The van der Waals surface area contributed by atoms with Gasteiger partial charge in [-0.05, 0) is 37.1 Å². The second kappa shape index (κ2) is 7.76. The number of carbonyl (C=O) groups is 1. The Labute approximate surface area is 138 Å². The van der Waals surface area contributed by atoms with Gasteiger partial charge in [0, 0.05) is 30.0 Å². The minimum absolute atomic E-state index is 0.00383. The molecular weight excluding hydrogens is 316 g/mol. The molecule has 0 aromatic carbocycles. The second-order valence-corrected chi connectivity index (χ2v) is 7.21. The lowest BCUT2D eigenvalue weighted by Gasteiger charge is -2.05. The highest BCUT2D eigenvalue weighted by Gasteiger charge is 2.20. The van der Waals surface area contributed by atoms with Crippen LogP contribution in [0.25, 0.3) is 0 Å². The summed E-state index contributed by atoms with van der Waals surface area (Å²) in [7, 11) is 0. The number of pyridine rings is 1. The molecule has 3 heterocycles. The van der Waals surface area contributed by atoms with Crippen molar-refractivity contribution in [1.29, 1.82) is 0 Å². The van der Waals surface area contributed by atoms with Crippen molar-refractivity contribution >= 4 is 29.0 Å². The van der Waals surface area contributed by atoms with E-state index in [0.717, 1.165) is 40.0 Å². The predicted octanol–water partition coefficient (Wildman–Crippen LogP) is 3.52. The first kappa shape index (κ1) is 15.5. The first-order valence-electron chi connectivity index (χ1n) is 7.36. The van der Waals surface area contributed by atoms with Gasteiger partial charge in [-0.1, -0.05) is 6.07 Å². The minimum Gasteiger partial charge on any atom is -0.373 e. The van der Waals surface area contributed by atoms with E-state index in [2.05, 4.69) is 10.3 Å². The van der Waals surface area contributed by atoms with Gasteiger partial charge in [0.1, 0.15) is 0 Å². The first-order valence-corrected chi connectivity index (χ1v) is 9.16. The van der Waals surface area contributed by atoms with E-state index in [4.69, 9.17) is 4.74 Å². The van der Waals surface area contributed by atoms with Gasteiger partial charge < -0.3 is 10.1 Å². The van der Waals surface area contributed by atoms with Crippen molar-refractivity contribution in [1.82, 2.24) is 10.3 Å². The van der Waals surface area contributed by atoms with Crippen molar-refractivity contribution in [2.75, 3.05) is 18.9 Å². The molecule has 0 unspecified atom stereocenters. The maximum atomic E-state index is 12.1. The van der Waals surface area contributed by atoms with Gasteiger partial charge in [-0.3, -0.25) is 4.79 Å². The van der Waals surface area contributed by atoms with Crippen molar-refractivity contribution in [3.8, 4) is 0 Å². The average molecular weight is 334 g/mol. The molecule has 1 saturated heterocycles. The highest BCUT2D eigenvalue weighted by atomic mass is 32.2. The molecule has 0 bridgehead atoms. The molecule has 1 aliphatic heterocycles. The normalized spacial score (nSPS) is 17.5. The van der Waals surface area contributed by atoms with Gasteiger partial charge >= 0.3 is 0 Å². The van der Waals surface area contributed by atoms with E-state index >= 15 is 0 Å². The number of hydrogen-bond acceptors (Lipinski definition) is 5. The number of nitrogens with zero attached hydrogens (tertiary/aromatic N) is 1. The molecule has 0 radical (unpaired) electrons. The van der Waals surface area contributed by atoms with Crippen LogP contribution in [-0.4, -0.2) is 29.8 Å². The maximum Gasteiger partial charge on any atom is 0.261 e. The number of nitrogens with one attached hydrogen (secondary N) is 1. The van der Waals surface area contributed by atoms with Gasteiger partial charge in [0.25, 0.3) is 5.91 Å². The Morgan fingerprint density at radius 1 is 1.41 bits per heavy atom. The zero-order valence-corrected chi connectivity index (χ0v) is 13.8. The summed E-state index contributed by atoms with van der Waals surface area (Å²) in [6.45, 7) is 1.46. The van der Waals surface area contributed by atoms with Gasteiger partial charge in [0.2, 0.25) is 0 Å². The zero-order chi connectivity index (χ0) is 15.2. The molecule has 3 rings (SSSR count). The van der Waals surface area contributed by atoms with E-state index in [1.54, 1.807) is 18.0 Å². The molecule has 0 saturated carbocycles. The molecule has 22 heavy (non-hydrogen) atoms. The number of thiophene rings is 1. The Balaban J connectivity index is 1.44. The number of hydrogen-bond donors (Lipinski definition) is 1. The van der Waals surface area contributed by atoms with Gasteiger partial charge in [-0.15, -0.1) is 23.1 Å². The summed E-state index contributed by atoms with van der Waals surface area (Å²) >= 11 is 3.18. The monoisotopic (exact) mass is 334 g/mol. The molecule has 1 N–H and O–H groups in total. The Morgan fingerprint density at radius 3 is 3.14 bits per heavy atom. The van der Waals surface area contributed by atoms with Gasteiger partial charge in [-0.25, -0.2) is 4.98 Å². The summed E-state index contributed by atoms with van der Waals surface area (Å²) in [6, 6.07) is 9.74. The van der Waals surface area contributed by atoms with Crippen LogP contribution >= 0.6 is 23.1 Å². The van der Waals surface area contributed by atoms with E-state index in [1.165, 1.54) is 11.3 Å². The van der Waals surface area contributed by atoms with Gasteiger partial charge in [-0.2, -0.15) is 0 Å². The van der Waals surface area contributed by atoms with Crippen LogP contribution in [0.1, 0.15) is 33.5 Å².